The van der Waals surface area contributed by atoms with Gasteiger partial charge in [0.25, 0.3) is 0 Å². The van der Waals surface area contributed by atoms with Crippen molar-refractivity contribution >= 4 is 32.9 Å². The SMILES string of the molecule is Cc1cc(-c2nc3c(C(=O)O)cc(F)cc3[nH]2)ccc1Br. The molecule has 3 aromatic rings. The standard InChI is InChI=1S/C15H10BrFN2O2/c1-7-4-8(2-3-11(7)16)14-18-12-6-9(17)5-10(15(20)21)13(12)19-14/h2-6H,1H3,(H,18,19)(H,20,21). The van der Waals surface area contributed by atoms with E-state index in [0.29, 0.717) is 11.3 Å². The average Bonchev–Trinajstić information content (AvgIpc) is 2.84. The van der Waals surface area contributed by atoms with E-state index in [1.807, 2.05) is 25.1 Å². The Kier molecular flexibility index (Phi) is 3.25. The molecule has 1 aromatic heterocycles. The van der Waals surface area contributed by atoms with Gasteiger partial charge >= 0.3 is 5.97 Å². The number of nitrogens with one attached hydrogen (secondary N) is 1. The van der Waals surface area contributed by atoms with E-state index in [0.717, 1.165) is 21.7 Å². The number of carboxylic acids is 1. The van der Waals surface area contributed by atoms with Crippen molar-refractivity contribution < 1.29 is 14.3 Å². The summed E-state index contributed by atoms with van der Waals surface area (Å²) >= 11 is 3.42. The minimum Gasteiger partial charge on any atom is -0.478 e. The zero-order valence-electron chi connectivity index (χ0n) is 10.9. The van der Waals surface area contributed by atoms with Gasteiger partial charge in [0.05, 0.1) is 11.1 Å². The molecule has 0 fully saturated rings. The quantitative estimate of drug-likeness (QED) is 0.731. The van der Waals surface area contributed by atoms with Crippen molar-refractivity contribution in [2.24, 2.45) is 0 Å². The van der Waals surface area contributed by atoms with Gasteiger partial charge in [0.1, 0.15) is 17.2 Å². The third-order valence-corrected chi connectivity index (χ3v) is 4.10. The van der Waals surface area contributed by atoms with E-state index in [2.05, 4.69) is 25.9 Å². The molecule has 0 aliphatic carbocycles. The second-order valence-electron chi connectivity index (χ2n) is 4.70. The number of aromatic nitrogens is 2. The van der Waals surface area contributed by atoms with Gasteiger partial charge in [0, 0.05) is 10.0 Å². The molecule has 0 radical (unpaired) electrons. The minimum atomic E-state index is -1.20. The van der Waals surface area contributed by atoms with Crippen LogP contribution in [-0.4, -0.2) is 21.0 Å². The number of carboxylic acid groups (broad SMARTS) is 1. The third-order valence-electron chi connectivity index (χ3n) is 3.21. The first-order chi connectivity index (χ1) is 9.95. The number of aromatic carboxylic acids is 1. The van der Waals surface area contributed by atoms with Gasteiger partial charge < -0.3 is 10.1 Å². The summed E-state index contributed by atoms with van der Waals surface area (Å²) in [5.74, 6) is -1.31. The van der Waals surface area contributed by atoms with Gasteiger partial charge in [-0.2, -0.15) is 0 Å². The molecular formula is C15H10BrFN2O2. The van der Waals surface area contributed by atoms with Crippen molar-refractivity contribution in [1.82, 2.24) is 9.97 Å². The van der Waals surface area contributed by atoms with Crippen LogP contribution in [0.25, 0.3) is 22.4 Å². The number of fused-ring (bicyclic) bond motifs is 1. The topological polar surface area (TPSA) is 66.0 Å². The van der Waals surface area contributed by atoms with Crippen LogP contribution in [0, 0.1) is 12.7 Å². The maximum absolute atomic E-state index is 13.5. The molecular weight excluding hydrogens is 339 g/mol. The summed E-state index contributed by atoms with van der Waals surface area (Å²) in [6.45, 7) is 1.94. The molecule has 0 aliphatic rings. The predicted octanol–water partition coefficient (Wildman–Crippen LogP) is 4.14. The van der Waals surface area contributed by atoms with Gasteiger partial charge in [-0.15, -0.1) is 0 Å². The van der Waals surface area contributed by atoms with Gasteiger partial charge in [0.15, 0.2) is 0 Å². The van der Waals surface area contributed by atoms with Crippen LogP contribution in [0.1, 0.15) is 15.9 Å². The fourth-order valence-electron chi connectivity index (χ4n) is 2.17. The number of H-pyrrole nitrogens is 1. The van der Waals surface area contributed by atoms with Crippen molar-refractivity contribution in [2.75, 3.05) is 0 Å². The van der Waals surface area contributed by atoms with E-state index >= 15 is 0 Å². The van der Waals surface area contributed by atoms with Crippen molar-refractivity contribution in [1.29, 1.82) is 0 Å². The van der Waals surface area contributed by atoms with Crippen LogP contribution in [0.2, 0.25) is 0 Å². The number of nitrogens with zero attached hydrogens (tertiary/aromatic N) is 1. The normalized spacial score (nSPS) is 11.0. The molecule has 0 unspecified atom stereocenters. The lowest BCUT2D eigenvalue weighted by atomic mass is 10.1. The maximum atomic E-state index is 13.5. The largest absolute Gasteiger partial charge is 0.478 e. The van der Waals surface area contributed by atoms with E-state index in [-0.39, 0.29) is 11.1 Å². The summed E-state index contributed by atoms with van der Waals surface area (Å²) < 4.78 is 14.4. The monoisotopic (exact) mass is 348 g/mol. The number of rotatable bonds is 2. The summed E-state index contributed by atoms with van der Waals surface area (Å²) in [5.41, 5.74) is 2.30. The highest BCUT2D eigenvalue weighted by molar-refractivity contribution is 9.10. The molecule has 21 heavy (non-hydrogen) atoms. The fourth-order valence-corrected chi connectivity index (χ4v) is 2.42. The van der Waals surface area contributed by atoms with Crippen molar-refractivity contribution in [3.8, 4) is 11.4 Å². The molecule has 0 saturated carbocycles. The van der Waals surface area contributed by atoms with E-state index < -0.39 is 11.8 Å². The van der Waals surface area contributed by atoms with Gasteiger partial charge in [-0.1, -0.05) is 22.0 Å². The van der Waals surface area contributed by atoms with Gasteiger partial charge in [-0.05, 0) is 36.8 Å². The molecule has 2 aromatic carbocycles. The van der Waals surface area contributed by atoms with Gasteiger partial charge in [0.2, 0.25) is 0 Å². The number of halogens is 2. The maximum Gasteiger partial charge on any atom is 0.338 e. The molecule has 0 saturated heterocycles. The van der Waals surface area contributed by atoms with Crippen molar-refractivity contribution in [3.63, 3.8) is 0 Å². The van der Waals surface area contributed by atoms with E-state index in [9.17, 15) is 9.18 Å². The zero-order valence-corrected chi connectivity index (χ0v) is 12.5. The first-order valence-corrected chi connectivity index (χ1v) is 6.94. The molecule has 3 rings (SSSR count). The predicted molar refractivity (Wildman–Crippen MR) is 80.9 cm³/mol. The van der Waals surface area contributed by atoms with E-state index in [4.69, 9.17) is 5.11 Å². The van der Waals surface area contributed by atoms with Crippen molar-refractivity contribution in [2.45, 2.75) is 6.92 Å². The number of carbonyl (C=O) groups is 1. The van der Waals surface area contributed by atoms with Gasteiger partial charge in [-0.3, -0.25) is 0 Å². The van der Waals surface area contributed by atoms with Crippen molar-refractivity contribution in [3.05, 3.63) is 51.7 Å². The lowest BCUT2D eigenvalue weighted by Gasteiger charge is -2.00. The fraction of sp³-hybridized carbons (Fsp3) is 0.0667. The van der Waals surface area contributed by atoms with Crippen LogP contribution in [0.15, 0.2) is 34.8 Å². The van der Waals surface area contributed by atoms with Crippen LogP contribution >= 0.6 is 15.9 Å². The summed E-state index contributed by atoms with van der Waals surface area (Å²) in [6.07, 6.45) is 0. The van der Waals surface area contributed by atoms with Crippen LogP contribution < -0.4 is 0 Å². The number of hydrogen-bond donors (Lipinski definition) is 2. The van der Waals surface area contributed by atoms with Crippen LogP contribution in [0.5, 0.6) is 0 Å². The average molecular weight is 349 g/mol. The van der Waals surface area contributed by atoms with E-state index in [1.54, 1.807) is 0 Å². The van der Waals surface area contributed by atoms with Crippen LogP contribution in [-0.2, 0) is 0 Å². The Hall–Kier alpha value is -2.21. The molecule has 6 heteroatoms. The highest BCUT2D eigenvalue weighted by Gasteiger charge is 2.15. The lowest BCUT2D eigenvalue weighted by Crippen LogP contribution is -1.98. The van der Waals surface area contributed by atoms with Crippen LogP contribution in [0.3, 0.4) is 0 Å². The third kappa shape index (κ3) is 2.42. The Bertz CT molecular complexity index is 873. The summed E-state index contributed by atoms with van der Waals surface area (Å²) in [6, 6.07) is 7.87. The molecule has 0 aliphatic heterocycles. The smallest absolute Gasteiger partial charge is 0.338 e. The van der Waals surface area contributed by atoms with Crippen LogP contribution in [0.4, 0.5) is 4.39 Å². The molecule has 0 atom stereocenters. The number of hydrogen-bond acceptors (Lipinski definition) is 2. The molecule has 2 N–H and O–H groups in total. The molecule has 0 bridgehead atoms. The zero-order chi connectivity index (χ0) is 15.1. The summed E-state index contributed by atoms with van der Waals surface area (Å²) in [5, 5.41) is 9.14. The Morgan fingerprint density at radius 1 is 1.33 bits per heavy atom. The number of benzene rings is 2. The molecule has 4 nitrogen and oxygen atoms in total. The highest BCUT2D eigenvalue weighted by Crippen LogP contribution is 2.27. The second-order valence-corrected chi connectivity index (χ2v) is 5.56. The molecule has 106 valence electrons. The second kappa shape index (κ2) is 4.96. The Morgan fingerprint density at radius 3 is 2.76 bits per heavy atom. The van der Waals surface area contributed by atoms with E-state index in [1.165, 1.54) is 6.07 Å². The number of imidazole rings is 1. The molecule has 0 spiro atoms. The Balaban J connectivity index is 2.23. The highest BCUT2D eigenvalue weighted by atomic mass is 79.9. The Morgan fingerprint density at radius 2 is 2.10 bits per heavy atom. The minimum absolute atomic E-state index is 0.152. The first-order valence-electron chi connectivity index (χ1n) is 6.15. The molecule has 1 heterocycles. The Labute approximate surface area is 127 Å². The van der Waals surface area contributed by atoms with Gasteiger partial charge in [-0.25, -0.2) is 14.2 Å². The lowest BCUT2D eigenvalue weighted by molar-refractivity contribution is 0.0698. The summed E-state index contributed by atoms with van der Waals surface area (Å²) in [4.78, 5) is 18.4. The molecule has 0 amide bonds. The summed E-state index contributed by atoms with van der Waals surface area (Å²) in [7, 11) is 0. The first kappa shape index (κ1) is 13.8. The number of aromatic amines is 1. The number of aryl methyl sites for hydroxylation is 1.